The third kappa shape index (κ3) is 3.02. The predicted molar refractivity (Wildman–Crippen MR) is 77.6 cm³/mol. The molecule has 0 saturated heterocycles. The summed E-state index contributed by atoms with van der Waals surface area (Å²) in [5.74, 6) is -0.0141. The Labute approximate surface area is 120 Å². The van der Waals surface area contributed by atoms with Gasteiger partial charge in [0, 0.05) is 13.7 Å². The van der Waals surface area contributed by atoms with Crippen LogP contribution in [0.25, 0.3) is 0 Å². The number of hydrogen-bond acceptors (Lipinski definition) is 3. The van der Waals surface area contributed by atoms with Gasteiger partial charge in [-0.05, 0) is 37.3 Å². The van der Waals surface area contributed by atoms with E-state index in [1.807, 2.05) is 25.1 Å². The quantitative estimate of drug-likeness (QED) is 0.855. The molecule has 1 aliphatic carbocycles. The molecule has 0 fully saturated rings. The lowest BCUT2D eigenvalue weighted by molar-refractivity contribution is -0.127. The second-order valence-electron chi connectivity index (χ2n) is 5.66. The summed E-state index contributed by atoms with van der Waals surface area (Å²) in [5, 5.41) is 12.5. The highest BCUT2D eigenvalue weighted by Crippen LogP contribution is 2.37. The summed E-state index contributed by atoms with van der Waals surface area (Å²) in [7, 11) is 1.53. The molecule has 0 aromatic heterocycles. The van der Waals surface area contributed by atoms with Gasteiger partial charge < -0.3 is 15.2 Å². The number of amides is 1. The first-order chi connectivity index (χ1) is 9.58. The molecule has 4 heteroatoms. The zero-order valence-electron chi connectivity index (χ0n) is 12.2. The largest absolute Gasteiger partial charge is 0.389 e. The highest BCUT2D eigenvalue weighted by Gasteiger charge is 2.38. The van der Waals surface area contributed by atoms with Gasteiger partial charge >= 0.3 is 0 Å². The SMILES string of the molecule is COCC(O)CNC(=O)C1(C)CCCc2ccccc21. The summed E-state index contributed by atoms with van der Waals surface area (Å²) >= 11 is 0. The van der Waals surface area contributed by atoms with Crippen molar-refractivity contribution in [3.63, 3.8) is 0 Å². The van der Waals surface area contributed by atoms with Crippen molar-refractivity contribution in [1.29, 1.82) is 0 Å². The molecule has 0 spiro atoms. The summed E-state index contributed by atoms with van der Waals surface area (Å²) in [6, 6.07) is 8.14. The average molecular weight is 277 g/mol. The van der Waals surface area contributed by atoms with Crippen LogP contribution in [0.15, 0.2) is 24.3 Å². The van der Waals surface area contributed by atoms with Crippen LogP contribution >= 0.6 is 0 Å². The van der Waals surface area contributed by atoms with Crippen LogP contribution in [0.3, 0.4) is 0 Å². The first-order valence-electron chi connectivity index (χ1n) is 7.11. The lowest BCUT2D eigenvalue weighted by atomic mass is 9.70. The molecule has 1 aromatic carbocycles. The number of hydrogen-bond donors (Lipinski definition) is 2. The smallest absolute Gasteiger partial charge is 0.230 e. The average Bonchev–Trinajstić information content (AvgIpc) is 2.45. The molecule has 2 N–H and O–H groups in total. The minimum atomic E-state index is -0.661. The molecule has 110 valence electrons. The molecule has 1 aromatic rings. The van der Waals surface area contributed by atoms with Crippen LogP contribution in [0.5, 0.6) is 0 Å². The third-order valence-corrected chi connectivity index (χ3v) is 4.09. The van der Waals surface area contributed by atoms with Gasteiger partial charge in [0.05, 0.1) is 18.1 Å². The van der Waals surface area contributed by atoms with E-state index in [9.17, 15) is 9.90 Å². The van der Waals surface area contributed by atoms with Crippen molar-refractivity contribution in [2.75, 3.05) is 20.3 Å². The highest BCUT2D eigenvalue weighted by atomic mass is 16.5. The Kier molecular flexibility index (Phi) is 4.78. The van der Waals surface area contributed by atoms with E-state index in [0.29, 0.717) is 0 Å². The molecule has 2 atom stereocenters. The molecule has 4 nitrogen and oxygen atoms in total. The Hall–Kier alpha value is -1.39. The Bertz CT molecular complexity index is 475. The van der Waals surface area contributed by atoms with E-state index in [1.165, 1.54) is 12.7 Å². The highest BCUT2D eigenvalue weighted by molar-refractivity contribution is 5.88. The van der Waals surface area contributed by atoms with E-state index in [0.717, 1.165) is 24.8 Å². The minimum absolute atomic E-state index is 0.0141. The number of aliphatic hydroxyl groups is 1. The van der Waals surface area contributed by atoms with Crippen molar-refractivity contribution in [2.45, 2.75) is 37.7 Å². The van der Waals surface area contributed by atoms with Crippen LogP contribution < -0.4 is 5.32 Å². The van der Waals surface area contributed by atoms with E-state index in [2.05, 4.69) is 11.4 Å². The maximum absolute atomic E-state index is 12.5. The number of methoxy groups -OCH3 is 1. The first-order valence-corrected chi connectivity index (χ1v) is 7.11. The maximum Gasteiger partial charge on any atom is 0.230 e. The Balaban J connectivity index is 2.09. The van der Waals surface area contributed by atoms with Crippen molar-refractivity contribution in [2.24, 2.45) is 0 Å². The molecule has 1 aliphatic rings. The molecule has 0 radical (unpaired) electrons. The predicted octanol–water partition coefficient (Wildman–Crippen LogP) is 1.40. The number of ether oxygens (including phenoxy) is 1. The molecule has 0 saturated carbocycles. The van der Waals surface area contributed by atoms with Gasteiger partial charge in [-0.3, -0.25) is 4.79 Å². The zero-order chi connectivity index (χ0) is 14.6. The summed E-state index contributed by atoms with van der Waals surface area (Å²) in [6.07, 6.45) is 2.23. The van der Waals surface area contributed by atoms with Gasteiger partial charge in [0.15, 0.2) is 0 Å². The van der Waals surface area contributed by atoms with E-state index in [4.69, 9.17) is 4.74 Å². The number of nitrogens with one attached hydrogen (secondary N) is 1. The molecule has 0 heterocycles. The van der Waals surface area contributed by atoms with E-state index < -0.39 is 11.5 Å². The molecular formula is C16H23NO3. The van der Waals surface area contributed by atoms with Gasteiger partial charge in [-0.15, -0.1) is 0 Å². The van der Waals surface area contributed by atoms with Gasteiger partial charge in [0.25, 0.3) is 0 Å². The lowest BCUT2D eigenvalue weighted by Crippen LogP contribution is -2.47. The molecule has 2 rings (SSSR count). The zero-order valence-corrected chi connectivity index (χ0v) is 12.2. The van der Waals surface area contributed by atoms with Gasteiger partial charge in [0.2, 0.25) is 5.91 Å². The topological polar surface area (TPSA) is 58.6 Å². The van der Waals surface area contributed by atoms with Crippen molar-refractivity contribution in [3.8, 4) is 0 Å². The Morgan fingerprint density at radius 3 is 3.00 bits per heavy atom. The summed E-state index contributed by atoms with van der Waals surface area (Å²) in [5.41, 5.74) is 1.88. The number of carbonyl (C=O) groups is 1. The van der Waals surface area contributed by atoms with Crippen LogP contribution in [0.1, 0.15) is 30.9 Å². The Morgan fingerprint density at radius 2 is 2.25 bits per heavy atom. The molecular weight excluding hydrogens is 254 g/mol. The number of aryl methyl sites for hydroxylation is 1. The number of benzene rings is 1. The van der Waals surface area contributed by atoms with Gasteiger partial charge in [-0.1, -0.05) is 24.3 Å². The summed E-state index contributed by atoms with van der Waals surface area (Å²) in [4.78, 5) is 12.5. The Morgan fingerprint density at radius 1 is 1.50 bits per heavy atom. The normalized spacial score (nSPS) is 22.9. The monoisotopic (exact) mass is 277 g/mol. The maximum atomic E-state index is 12.5. The van der Waals surface area contributed by atoms with Gasteiger partial charge in [0.1, 0.15) is 0 Å². The second kappa shape index (κ2) is 6.37. The van der Waals surface area contributed by atoms with E-state index >= 15 is 0 Å². The molecule has 0 bridgehead atoms. The fourth-order valence-corrected chi connectivity index (χ4v) is 2.94. The molecule has 20 heavy (non-hydrogen) atoms. The fourth-order valence-electron chi connectivity index (χ4n) is 2.94. The number of aliphatic hydroxyl groups excluding tert-OH is 1. The standard InChI is InChI=1S/C16H23NO3/c1-16(15(19)17-10-13(18)11-20-2)9-5-7-12-6-3-4-8-14(12)16/h3-4,6,8,13,18H,5,7,9-11H2,1-2H3,(H,17,19). The molecule has 2 unspecified atom stereocenters. The number of rotatable bonds is 5. The van der Waals surface area contributed by atoms with Crippen LogP contribution in [0.4, 0.5) is 0 Å². The van der Waals surface area contributed by atoms with Crippen molar-refractivity contribution >= 4 is 5.91 Å². The lowest BCUT2D eigenvalue weighted by Gasteiger charge is -2.34. The van der Waals surface area contributed by atoms with Gasteiger partial charge in [-0.25, -0.2) is 0 Å². The van der Waals surface area contributed by atoms with Crippen molar-refractivity contribution in [3.05, 3.63) is 35.4 Å². The van der Waals surface area contributed by atoms with E-state index in [1.54, 1.807) is 0 Å². The first kappa shape index (κ1) is 15.0. The van der Waals surface area contributed by atoms with Crippen LogP contribution in [-0.2, 0) is 21.4 Å². The molecule has 0 aliphatic heterocycles. The van der Waals surface area contributed by atoms with Crippen molar-refractivity contribution in [1.82, 2.24) is 5.32 Å². The van der Waals surface area contributed by atoms with Crippen molar-refractivity contribution < 1.29 is 14.6 Å². The third-order valence-electron chi connectivity index (χ3n) is 4.09. The summed E-state index contributed by atoms with van der Waals surface area (Å²) < 4.78 is 4.86. The van der Waals surface area contributed by atoms with Crippen LogP contribution in [-0.4, -0.2) is 37.4 Å². The van der Waals surface area contributed by atoms with Crippen LogP contribution in [0.2, 0.25) is 0 Å². The molecule has 1 amide bonds. The van der Waals surface area contributed by atoms with Gasteiger partial charge in [-0.2, -0.15) is 0 Å². The number of fused-ring (bicyclic) bond motifs is 1. The second-order valence-corrected chi connectivity index (χ2v) is 5.66. The summed E-state index contributed by atoms with van der Waals surface area (Å²) in [6.45, 7) is 2.45. The van der Waals surface area contributed by atoms with Crippen LogP contribution in [0, 0.1) is 0 Å². The number of carbonyl (C=O) groups excluding carboxylic acids is 1. The van der Waals surface area contributed by atoms with E-state index in [-0.39, 0.29) is 19.1 Å². The fraction of sp³-hybridized carbons (Fsp3) is 0.562. The minimum Gasteiger partial charge on any atom is -0.389 e.